The summed E-state index contributed by atoms with van der Waals surface area (Å²) in [5.41, 5.74) is 2.65. The van der Waals surface area contributed by atoms with Gasteiger partial charge in [0, 0.05) is 56.0 Å². The normalized spacial score (nSPS) is 20.5. The quantitative estimate of drug-likeness (QED) is 0.550. The molecule has 0 spiro atoms. The Hall–Kier alpha value is -3.59. The van der Waals surface area contributed by atoms with E-state index in [4.69, 9.17) is 5.10 Å². The van der Waals surface area contributed by atoms with Crippen molar-refractivity contribution in [2.75, 3.05) is 23.3 Å². The summed E-state index contributed by atoms with van der Waals surface area (Å²) in [5, 5.41) is 11.6. The number of fused-ring (bicyclic) bond motifs is 3. The van der Waals surface area contributed by atoms with Crippen LogP contribution in [0.2, 0.25) is 0 Å². The zero-order chi connectivity index (χ0) is 19.2. The average molecular weight is 385 g/mol. The first-order chi connectivity index (χ1) is 14.3. The molecule has 0 amide bonds. The van der Waals surface area contributed by atoms with Crippen molar-refractivity contribution in [3.8, 4) is 5.69 Å². The van der Waals surface area contributed by atoms with Crippen molar-refractivity contribution in [1.29, 1.82) is 0 Å². The molecule has 9 nitrogen and oxygen atoms in total. The number of piperazine rings is 1. The smallest absolute Gasteiger partial charge is 0.180 e. The minimum Gasteiger partial charge on any atom is -0.351 e. The van der Waals surface area contributed by atoms with Crippen LogP contribution in [0.3, 0.4) is 0 Å². The van der Waals surface area contributed by atoms with Crippen LogP contribution in [-0.4, -0.2) is 54.9 Å². The molecule has 0 aromatic carbocycles. The Kier molecular flexibility index (Phi) is 3.66. The fourth-order valence-electron chi connectivity index (χ4n) is 4.26. The zero-order valence-electron chi connectivity index (χ0n) is 15.6. The third-order valence-electron chi connectivity index (χ3n) is 5.57. The number of rotatable bonds is 4. The molecule has 6 rings (SSSR count). The van der Waals surface area contributed by atoms with E-state index in [0.29, 0.717) is 23.7 Å². The number of pyridine rings is 2. The van der Waals surface area contributed by atoms with Crippen molar-refractivity contribution in [2.24, 2.45) is 0 Å². The molecule has 2 fully saturated rings. The lowest BCUT2D eigenvalue weighted by atomic mass is 10.2. The molecule has 0 saturated carbocycles. The molecule has 29 heavy (non-hydrogen) atoms. The molecule has 2 saturated heterocycles. The minimum atomic E-state index is 0.521. The van der Waals surface area contributed by atoms with Crippen LogP contribution in [0.15, 0.2) is 55.2 Å². The fourth-order valence-corrected chi connectivity index (χ4v) is 4.26. The molecule has 2 aliphatic heterocycles. The van der Waals surface area contributed by atoms with E-state index in [2.05, 4.69) is 41.5 Å². The van der Waals surface area contributed by atoms with Gasteiger partial charge in [-0.3, -0.25) is 9.97 Å². The highest BCUT2D eigenvalue weighted by Gasteiger charge is 2.38. The van der Waals surface area contributed by atoms with E-state index in [1.54, 1.807) is 24.8 Å². The van der Waals surface area contributed by atoms with Gasteiger partial charge in [0.15, 0.2) is 5.82 Å². The highest BCUT2D eigenvalue weighted by molar-refractivity contribution is 5.89. The lowest BCUT2D eigenvalue weighted by Gasteiger charge is -2.28. The molecule has 2 aliphatic rings. The summed E-state index contributed by atoms with van der Waals surface area (Å²) in [6, 6.07) is 9.10. The van der Waals surface area contributed by atoms with Gasteiger partial charge in [-0.1, -0.05) is 0 Å². The van der Waals surface area contributed by atoms with Gasteiger partial charge in [-0.15, -0.1) is 5.10 Å². The van der Waals surface area contributed by atoms with E-state index in [0.717, 1.165) is 35.6 Å². The largest absolute Gasteiger partial charge is 0.351 e. The van der Waals surface area contributed by atoms with E-state index >= 15 is 0 Å². The van der Waals surface area contributed by atoms with Gasteiger partial charge in [-0.05, 0) is 24.6 Å². The Labute approximate surface area is 166 Å². The standard InChI is InChI=1S/C20H19N9/c1-2-16-19(24-4-1)20(26-17-11-21-6-7-22-17)27-29(16)14-3-5-23-18(9-14)28-12-13-8-15(28)10-25-13/h1-7,9,11,13,15,25H,8,10,12H2,(H,22,26,27)/t13-,15-/m0/s1. The maximum Gasteiger partial charge on any atom is 0.180 e. The summed E-state index contributed by atoms with van der Waals surface area (Å²) in [7, 11) is 0. The molecule has 4 aromatic rings. The van der Waals surface area contributed by atoms with Crippen LogP contribution in [0, 0.1) is 0 Å². The lowest BCUT2D eigenvalue weighted by molar-refractivity contribution is 0.576. The van der Waals surface area contributed by atoms with Gasteiger partial charge in [-0.25, -0.2) is 14.6 Å². The Morgan fingerprint density at radius 1 is 1.07 bits per heavy atom. The number of aromatic nitrogens is 6. The van der Waals surface area contributed by atoms with Crippen molar-refractivity contribution in [3.63, 3.8) is 0 Å². The first-order valence-corrected chi connectivity index (χ1v) is 9.68. The number of nitrogens with one attached hydrogen (secondary N) is 2. The summed E-state index contributed by atoms with van der Waals surface area (Å²) < 4.78 is 1.90. The molecule has 144 valence electrons. The van der Waals surface area contributed by atoms with Crippen LogP contribution >= 0.6 is 0 Å². The number of anilines is 3. The average Bonchev–Trinajstić information content (AvgIpc) is 3.50. The SMILES string of the molecule is c1cnc2c(Nc3cnccn3)nn(-c3ccnc(N4C[C@@H]5C[C@H]4CN5)c3)c2c1. The fraction of sp³-hybridized carbons (Fsp3) is 0.250. The number of hydrogen-bond acceptors (Lipinski definition) is 8. The van der Waals surface area contributed by atoms with E-state index in [-0.39, 0.29) is 0 Å². The minimum absolute atomic E-state index is 0.521. The third kappa shape index (κ3) is 2.78. The van der Waals surface area contributed by atoms with Gasteiger partial charge in [-0.2, -0.15) is 0 Å². The van der Waals surface area contributed by atoms with Gasteiger partial charge in [0.25, 0.3) is 0 Å². The topological polar surface area (TPSA) is 96.7 Å². The van der Waals surface area contributed by atoms with Crippen LogP contribution in [0.4, 0.5) is 17.5 Å². The van der Waals surface area contributed by atoms with Gasteiger partial charge in [0.1, 0.15) is 17.2 Å². The van der Waals surface area contributed by atoms with Crippen LogP contribution in [0.5, 0.6) is 0 Å². The van der Waals surface area contributed by atoms with Crippen molar-refractivity contribution >= 4 is 28.5 Å². The first kappa shape index (κ1) is 16.4. The molecule has 2 N–H and O–H groups in total. The molecule has 9 heteroatoms. The number of hydrogen-bond donors (Lipinski definition) is 2. The predicted molar refractivity (Wildman–Crippen MR) is 110 cm³/mol. The summed E-state index contributed by atoms with van der Waals surface area (Å²) in [6.45, 7) is 2.03. The van der Waals surface area contributed by atoms with E-state index in [1.165, 1.54) is 6.42 Å². The Balaban J connectivity index is 1.41. The molecule has 0 radical (unpaired) electrons. The number of nitrogens with zero attached hydrogens (tertiary/aromatic N) is 7. The predicted octanol–water partition coefficient (Wildman–Crippen LogP) is 1.90. The van der Waals surface area contributed by atoms with Crippen molar-refractivity contribution in [1.82, 2.24) is 35.0 Å². The van der Waals surface area contributed by atoms with Crippen molar-refractivity contribution in [3.05, 3.63) is 55.2 Å². The zero-order valence-corrected chi connectivity index (χ0v) is 15.6. The van der Waals surface area contributed by atoms with Crippen LogP contribution in [0.1, 0.15) is 6.42 Å². The maximum absolute atomic E-state index is 4.79. The van der Waals surface area contributed by atoms with Crippen LogP contribution < -0.4 is 15.5 Å². The summed E-state index contributed by atoms with van der Waals surface area (Å²) in [5.74, 6) is 2.26. The van der Waals surface area contributed by atoms with Crippen LogP contribution in [-0.2, 0) is 0 Å². The first-order valence-electron chi connectivity index (χ1n) is 9.68. The summed E-state index contributed by atoms with van der Waals surface area (Å²) in [6.07, 6.45) is 9.75. The lowest BCUT2D eigenvalue weighted by Crippen LogP contribution is -2.44. The van der Waals surface area contributed by atoms with Gasteiger partial charge >= 0.3 is 0 Å². The Morgan fingerprint density at radius 2 is 2.07 bits per heavy atom. The molecular formula is C20H19N9. The van der Waals surface area contributed by atoms with Gasteiger partial charge in [0.2, 0.25) is 0 Å². The molecule has 2 atom stereocenters. The molecular weight excluding hydrogens is 366 g/mol. The molecule has 2 bridgehead atoms. The third-order valence-corrected chi connectivity index (χ3v) is 5.57. The Bertz CT molecular complexity index is 1170. The van der Waals surface area contributed by atoms with Gasteiger partial charge < -0.3 is 15.5 Å². The molecule has 6 heterocycles. The summed E-state index contributed by atoms with van der Waals surface area (Å²) >= 11 is 0. The highest BCUT2D eigenvalue weighted by atomic mass is 15.3. The van der Waals surface area contributed by atoms with E-state index in [1.807, 2.05) is 29.1 Å². The second kappa shape index (κ2) is 6.49. The van der Waals surface area contributed by atoms with Gasteiger partial charge in [0.05, 0.1) is 17.4 Å². The second-order valence-corrected chi connectivity index (χ2v) is 7.37. The molecule has 0 unspecified atom stereocenters. The van der Waals surface area contributed by atoms with E-state index in [9.17, 15) is 0 Å². The van der Waals surface area contributed by atoms with E-state index < -0.39 is 0 Å². The van der Waals surface area contributed by atoms with Crippen molar-refractivity contribution in [2.45, 2.75) is 18.5 Å². The molecule has 0 aliphatic carbocycles. The van der Waals surface area contributed by atoms with Crippen LogP contribution in [0.25, 0.3) is 16.7 Å². The second-order valence-electron chi connectivity index (χ2n) is 7.37. The Morgan fingerprint density at radius 3 is 2.90 bits per heavy atom. The van der Waals surface area contributed by atoms with Crippen molar-refractivity contribution < 1.29 is 0 Å². The summed E-state index contributed by atoms with van der Waals surface area (Å²) in [4.78, 5) is 19.9. The molecule has 4 aromatic heterocycles. The monoisotopic (exact) mass is 385 g/mol. The maximum atomic E-state index is 4.79. The highest BCUT2D eigenvalue weighted by Crippen LogP contribution is 2.30.